The minimum atomic E-state index is -1.06. The Bertz CT molecular complexity index is 813. The summed E-state index contributed by atoms with van der Waals surface area (Å²) in [5, 5.41) is 2.44. The molecule has 33 heavy (non-hydrogen) atoms. The molecular formula is C22H33BrFNO8. The number of amides is 1. The van der Waals surface area contributed by atoms with Crippen LogP contribution in [0.1, 0.15) is 62.3 Å². The monoisotopic (exact) mass is 537 g/mol. The van der Waals surface area contributed by atoms with Crippen molar-refractivity contribution >= 4 is 40.0 Å². The van der Waals surface area contributed by atoms with E-state index < -0.39 is 41.0 Å². The molecule has 1 N–H and O–H groups in total. The molecule has 1 aromatic rings. The Kier molecular flexibility index (Phi) is 11.1. The molecule has 11 heteroatoms. The highest BCUT2D eigenvalue weighted by Gasteiger charge is 2.24. The lowest BCUT2D eigenvalue weighted by Crippen LogP contribution is -2.29. The molecule has 0 bridgehead atoms. The highest BCUT2D eigenvalue weighted by atomic mass is 79.9. The molecule has 0 radical (unpaired) electrons. The third-order valence-corrected chi connectivity index (χ3v) is 3.43. The van der Waals surface area contributed by atoms with E-state index in [1.165, 1.54) is 13.2 Å². The fraction of sp³-hybridized carbons (Fsp3) is 0.591. The van der Waals surface area contributed by atoms with E-state index in [0.717, 1.165) is 6.07 Å². The van der Waals surface area contributed by atoms with E-state index in [-0.39, 0.29) is 10.2 Å². The summed E-state index contributed by atoms with van der Waals surface area (Å²) in [6.45, 7) is 15.2. The van der Waals surface area contributed by atoms with Gasteiger partial charge in [0.15, 0.2) is 0 Å². The van der Waals surface area contributed by atoms with Crippen molar-refractivity contribution in [2.45, 2.75) is 79.1 Å². The maximum Gasteiger partial charge on any atom is 0.519 e. The Hall–Kier alpha value is -2.56. The predicted octanol–water partition coefficient (Wildman–Crippen LogP) is 6.82. The molecule has 1 amide bonds. The third-order valence-electron chi connectivity index (χ3n) is 2.82. The van der Waals surface area contributed by atoms with E-state index >= 15 is 0 Å². The second-order valence-electron chi connectivity index (χ2n) is 9.62. The number of rotatable bonds is 2. The second kappa shape index (κ2) is 12.1. The fourth-order valence-electron chi connectivity index (χ4n) is 1.82. The van der Waals surface area contributed by atoms with Gasteiger partial charge in [0.05, 0.1) is 17.3 Å². The summed E-state index contributed by atoms with van der Waals surface area (Å²) in [4.78, 5) is 33.6. The van der Waals surface area contributed by atoms with Crippen LogP contribution in [0.25, 0.3) is 0 Å². The standard InChI is InChI=1S/C12H15BrFNO3.C10H18O5/c1-12(2,3)18-11(16)15-9-6-8(14)7(13)5-10(9)17-4;1-9(2,3)14-7(11)13-8(12)15-10(4,5)6/h5-6H,1-4H3,(H,15,16);1-6H3. The summed E-state index contributed by atoms with van der Waals surface area (Å²) in [7, 11) is 1.43. The average Bonchev–Trinajstić information content (AvgIpc) is 2.52. The number of anilines is 1. The van der Waals surface area contributed by atoms with E-state index in [1.807, 2.05) is 0 Å². The van der Waals surface area contributed by atoms with Crippen LogP contribution in [0.15, 0.2) is 16.6 Å². The van der Waals surface area contributed by atoms with E-state index in [4.69, 9.17) is 18.9 Å². The lowest BCUT2D eigenvalue weighted by molar-refractivity contribution is -0.0294. The molecule has 0 atom stereocenters. The molecule has 0 fully saturated rings. The van der Waals surface area contributed by atoms with Crippen LogP contribution in [0.5, 0.6) is 5.75 Å². The van der Waals surface area contributed by atoms with Crippen molar-refractivity contribution in [2.24, 2.45) is 0 Å². The summed E-state index contributed by atoms with van der Waals surface area (Å²) in [6, 6.07) is 2.59. The highest BCUT2D eigenvalue weighted by Crippen LogP contribution is 2.31. The first kappa shape index (κ1) is 30.4. The minimum Gasteiger partial charge on any atom is -0.495 e. The highest BCUT2D eigenvalue weighted by molar-refractivity contribution is 9.10. The van der Waals surface area contributed by atoms with Gasteiger partial charge in [0, 0.05) is 6.07 Å². The number of benzene rings is 1. The van der Waals surface area contributed by atoms with Gasteiger partial charge in [-0.2, -0.15) is 0 Å². The van der Waals surface area contributed by atoms with Crippen molar-refractivity contribution in [1.29, 1.82) is 0 Å². The smallest absolute Gasteiger partial charge is 0.495 e. The van der Waals surface area contributed by atoms with Crippen molar-refractivity contribution < 1.29 is 42.5 Å². The number of nitrogens with one attached hydrogen (secondary N) is 1. The zero-order valence-electron chi connectivity index (χ0n) is 20.7. The molecule has 0 aliphatic rings. The van der Waals surface area contributed by atoms with Gasteiger partial charge in [-0.3, -0.25) is 5.32 Å². The van der Waals surface area contributed by atoms with Crippen LogP contribution in [0.4, 0.5) is 24.5 Å². The number of hydrogen-bond donors (Lipinski definition) is 1. The molecule has 0 saturated carbocycles. The number of ether oxygens (including phenoxy) is 5. The van der Waals surface area contributed by atoms with Crippen molar-refractivity contribution in [1.82, 2.24) is 0 Å². The van der Waals surface area contributed by atoms with Crippen molar-refractivity contribution in [3.63, 3.8) is 0 Å². The third kappa shape index (κ3) is 15.0. The normalized spacial score (nSPS) is 11.4. The lowest BCUT2D eigenvalue weighted by atomic mass is 10.2. The molecular weight excluding hydrogens is 505 g/mol. The molecule has 0 unspecified atom stereocenters. The van der Waals surface area contributed by atoms with Gasteiger partial charge in [0.2, 0.25) is 0 Å². The summed E-state index contributed by atoms with van der Waals surface area (Å²) in [5.74, 6) is -0.156. The Morgan fingerprint density at radius 3 is 1.61 bits per heavy atom. The number of methoxy groups -OCH3 is 1. The van der Waals surface area contributed by atoms with Crippen LogP contribution in [-0.4, -0.2) is 42.3 Å². The molecule has 0 heterocycles. The van der Waals surface area contributed by atoms with Crippen molar-refractivity contribution in [3.05, 3.63) is 22.4 Å². The molecule has 188 valence electrons. The minimum absolute atomic E-state index is 0.215. The van der Waals surface area contributed by atoms with Gasteiger partial charge in [-0.15, -0.1) is 0 Å². The summed E-state index contributed by atoms with van der Waals surface area (Å²) >= 11 is 3.04. The van der Waals surface area contributed by atoms with Gasteiger partial charge in [-0.1, -0.05) is 0 Å². The zero-order valence-corrected chi connectivity index (χ0v) is 22.3. The largest absolute Gasteiger partial charge is 0.519 e. The molecule has 0 aliphatic carbocycles. The molecule has 0 spiro atoms. The van der Waals surface area contributed by atoms with Gasteiger partial charge in [-0.25, -0.2) is 18.8 Å². The summed E-state index contributed by atoms with van der Waals surface area (Å²) in [6.07, 6.45) is -2.78. The Morgan fingerprint density at radius 1 is 0.818 bits per heavy atom. The summed E-state index contributed by atoms with van der Waals surface area (Å²) in [5.41, 5.74) is -1.80. The molecule has 0 aliphatic heterocycles. The number of halogens is 2. The first-order valence-electron chi connectivity index (χ1n) is 9.89. The number of carbonyl (C=O) groups excluding carboxylic acids is 3. The van der Waals surface area contributed by atoms with E-state index in [9.17, 15) is 18.8 Å². The van der Waals surface area contributed by atoms with Crippen LogP contribution < -0.4 is 10.1 Å². The van der Waals surface area contributed by atoms with E-state index in [2.05, 4.69) is 26.0 Å². The second-order valence-corrected chi connectivity index (χ2v) is 10.5. The Balaban J connectivity index is 0.000000633. The fourth-order valence-corrected chi connectivity index (χ4v) is 2.14. The SMILES string of the molecule is CC(C)(C)OC(=O)OC(=O)OC(C)(C)C.COc1cc(Br)c(F)cc1NC(=O)OC(C)(C)C. The topological polar surface area (TPSA) is 109 Å². The first-order chi connectivity index (χ1) is 14.7. The van der Waals surface area contributed by atoms with Gasteiger partial charge in [-0.05, 0) is 84.3 Å². The maximum atomic E-state index is 13.4. The predicted molar refractivity (Wildman–Crippen MR) is 124 cm³/mol. The molecule has 1 aromatic carbocycles. The van der Waals surface area contributed by atoms with E-state index in [0.29, 0.717) is 5.75 Å². The average molecular weight is 538 g/mol. The summed E-state index contributed by atoms with van der Waals surface area (Å²) < 4.78 is 37.6. The van der Waals surface area contributed by atoms with Gasteiger partial charge >= 0.3 is 18.4 Å². The van der Waals surface area contributed by atoms with Crippen LogP contribution >= 0.6 is 15.9 Å². The maximum absolute atomic E-state index is 13.4. The molecule has 0 aromatic heterocycles. The number of carbonyl (C=O) groups is 3. The van der Waals surface area contributed by atoms with E-state index in [1.54, 1.807) is 62.3 Å². The van der Waals surface area contributed by atoms with Gasteiger partial charge < -0.3 is 23.7 Å². The molecule has 1 rings (SSSR count). The van der Waals surface area contributed by atoms with Crippen LogP contribution in [0, 0.1) is 5.82 Å². The van der Waals surface area contributed by atoms with Crippen LogP contribution in [0.3, 0.4) is 0 Å². The van der Waals surface area contributed by atoms with Gasteiger partial charge in [0.1, 0.15) is 28.4 Å². The molecule has 9 nitrogen and oxygen atoms in total. The molecule has 0 saturated heterocycles. The van der Waals surface area contributed by atoms with Crippen molar-refractivity contribution in [3.8, 4) is 5.75 Å². The van der Waals surface area contributed by atoms with Crippen molar-refractivity contribution in [2.75, 3.05) is 12.4 Å². The Labute approximate surface area is 202 Å². The Morgan fingerprint density at radius 2 is 1.24 bits per heavy atom. The van der Waals surface area contributed by atoms with Gasteiger partial charge in [0.25, 0.3) is 0 Å². The first-order valence-corrected chi connectivity index (χ1v) is 10.7. The number of hydrogen-bond acceptors (Lipinski definition) is 8. The van der Waals surface area contributed by atoms with Crippen LogP contribution in [0.2, 0.25) is 0 Å². The van der Waals surface area contributed by atoms with Crippen LogP contribution in [-0.2, 0) is 18.9 Å². The quantitative estimate of drug-likeness (QED) is 0.248. The lowest BCUT2D eigenvalue weighted by Gasteiger charge is -2.20. The zero-order chi connectivity index (χ0) is 26.2.